The summed E-state index contributed by atoms with van der Waals surface area (Å²) in [6, 6.07) is 2.57. The number of halogens is 1. The molecule has 0 saturated carbocycles. The van der Waals surface area contributed by atoms with Crippen LogP contribution in [0.5, 0.6) is 0 Å². The van der Waals surface area contributed by atoms with E-state index in [1.807, 2.05) is 6.92 Å². The maximum absolute atomic E-state index is 11.9. The molecule has 0 aliphatic rings. The van der Waals surface area contributed by atoms with Gasteiger partial charge in [0.15, 0.2) is 0 Å². The van der Waals surface area contributed by atoms with Crippen molar-refractivity contribution in [1.29, 1.82) is 0 Å². The first-order chi connectivity index (χ1) is 7.99. The standard InChI is InChI=1S/C11H13ClN2O2S/c1-3-5-9(4-2)14-17(15,16)10-6-7-11(12)13-8-10/h1,6-9,14H,4-5H2,2H3. The number of aromatic nitrogens is 1. The van der Waals surface area contributed by atoms with Crippen LogP contribution in [0, 0.1) is 12.3 Å². The Hall–Kier alpha value is -1.09. The molecule has 1 atom stereocenters. The first kappa shape index (κ1) is 14.0. The molecule has 1 aromatic heterocycles. The summed E-state index contributed by atoms with van der Waals surface area (Å²) in [7, 11) is -3.58. The number of nitrogens with one attached hydrogen (secondary N) is 1. The van der Waals surface area contributed by atoms with E-state index in [-0.39, 0.29) is 16.1 Å². The highest BCUT2D eigenvalue weighted by molar-refractivity contribution is 7.89. The van der Waals surface area contributed by atoms with Crippen molar-refractivity contribution in [3.63, 3.8) is 0 Å². The minimum absolute atomic E-state index is 0.0809. The molecule has 1 heterocycles. The molecule has 1 rings (SSSR count). The minimum Gasteiger partial charge on any atom is -0.243 e. The van der Waals surface area contributed by atoms with E-state index < -0.39 is 10.0 Å². The van der Waals surface area contributed by atoms with Crippen molar-refractivity contribution in [3.8, 4) is 12.3 Å². The van der Waals surface area contributed by atoms with Gasteiger partial charge in [-0.3, -0.25) is 0 Å². The highest BCUT2D eigenvalue weighted by atomic mass is 35.5. The normalized spacial score (nSPS) is 13.0. The maximum Gasteiger partial charge on any atom is 0.242 e. The average Bonchev–Trinajstić information content (AvgIpc) is 2.28. The summed E-state index contributed by atoms with van der Waals surface area (Å²) in [5, 5.41) is 0.250. The summed E-state index contributed by atoms with van der Waals surface area (Å²) in [5.41, 5.74) is 0. The predicted octanol–water partition coefficient (Wildman–Crippen LogP) is 1.82. The van der Waals surface area contributed by atoms with E-state index >= 15 is 0 Å². The van der Waals surface area contributed by atoms with Crippen LogP contribution in [0.1, 0.15) is 19.8 Å². The molecule has 0 fully saturated rings. The molecule has 6 heteroatoms. The Morgan fingerprint density at radius 2 is 2.29 bits per heavy atom. The Morgan fingerprint density at radius 3 is 2.76 bits per heavy atom. The summed E-state index contributed by atoms with van der Waals surface area (Å²) in [6.45, 7) is 1.87. The number of nitrogens with zero attached hydrogens (tertiary/aromatic N) is 1. The summed E-state index contributed by atoms with van der Waals surface area (Å²) >= 11 is 5.59. The van der Waals surface area contributed by atoms with Gasteiger partial charge >= 0.3 is 0 Å². The summed E-state index contributed by atoms with van der Waals surface area (Å²) in [4.78, 5) is 3.81. The van der Waals surface area contributed by atoms with Gasteiger partial charge in [0.1, 0.15) is 10.0 Å². The van der Waals surface area contributed by atoms with Gasteiger partial charge in [-0.25, -0.2) is 18.1 Å². The lowest BCUT2D eigenvalue weighted by Crippen LogP contribution is -2.34. The van der Waals surface area contributed by atoms with Gasteiger partial charge in [0, 0.05) is 18.7 Å². The second-order valence-corrected chi connectivity index (χ2v) is 5.55. The topological polar surface area (TPSA) is 59.1 Å². The van der Waals surface area contributed by atoms with Crippen LogP contribution in [0.4, 0.5) is 0 Å². The van der Waals surface area contributed by atoms with E-state index in [4.69, 9.17) is 18.0 Å². The summed E-state index contributed by atoms with van der Waals surface area (Å²) in [6.07, 6.45) is 7.37. The molecular formula is C11H13ClN2O2S. The van der Waals surface area contributed by atoms with Crippen LogP contribution < -0.4 is 4.72 Å². The lowest BCUT2D eigenvalue weighted by Gasteiger charge is -2.14. The van der Waals surface area contributed by atoms with Crippen molar-refractivity contribution in [1.82, 2.24) is 9.71 Å². The zero-order valence-electron chi connectivity index (χ0n) is 9.35. The number of terminal acetylenes is 1. The van der Waals surface area contributed by atoms with Crippen molar-refractivity contribution < 1.29 is 8.42 Å². The van der Waals surface area contributed by atoms with Gasteiger partial charge in [0.2, 0.25) is 10.0 Å². The molecule has 0 radical (unpaired) electrons. The third-order valence-corrected chi connectivity index (χ3v) is 3.92. The van der Waals surface area contributed by atoms with E-state index in [1.54, 1.807) is 0 Å². The van der Waals surface area contributed by atoms with Crippen LogP contribution in [-0.2, 0) is 10.0 Å². The molecule has 1 N–H and O–H groups in total. The average molecular weight is 273 g/mol. The third kappa shape index (κ3) is 4.00. The van der Waals surface area contributed by atoms with Crippen molar-refractivity contribution in [2.75, 3.05) is 0 Å². The van der Waals surface area contributed by atoms with Gasteiger partial charge < -0.3 is 0 Å². The van der Waals surface area contributed by atoms with Crippen LogP contribution >= 0.6 is 11.6 Å². The molecule has 17 heavy (non-hydrogen) atoms. The second kappa shape index (κ2) is 6.01. The lowest BCUT2D eigenvalue weighted by atomic mass is 10.2. The van der Waals surface area contributed by atoms with Crippen LogP contribution in [0.2, 0.25) is 5.15 Å². The van der Waals surface area contributed by atoms with E-state index in [0.717, 1.165) is 0 Å². The van der Waals surface area contributed by atoms with Gasteiger partial charge in [0.25, 0.3) is 0 Å². The second-order valence-electron chi connectivity index (χ2n) is 3.45. The molecule has 1 unspecified atom stereocenters. The SMILES string of the molecule is C#CCC(CC)NS(=O)(=O)c1ccc(Cl)nc1. The Bertz CT molecular complexity index is 505. The lowest BCUT2D eigenvalue weighted by molar-refractivity contribution is 0.543. The number of sulfonamides is 1. The molecule has 4 nitrogen and oxygen atoms in total. The molecule has 0 aliphatic heterocycles. The first-order valence-corrected chi connectivity index (χ1v) is 6.93. The summed E-state index contributed by atoms with van der Waals surface area (Å²) < 4.78 is 26.4. The van der Waals surface area contributed by atoms with Gasteiger partial charge in [-0.2, -0.15) is 0 Å². The predicted molar refractivity (Wildman–Crippen MR) is 67.1 cm³/mol. The molecule has 0 spiro atoms. The van der Waals surface area contributed by atoms with Crippen molar-refractivity contribution in [3.05, 3.63) is 23.5 Å². The monoisotopic (exact) mass is 272 g/mol. The van der Waals surface area contributed by atoms with E-state index in [1.165, 1.54) is 18.3 Å². The van der Waals surface area contributed by atoms with Crippen LogP contribution in [-0.4, -0.2) is 19.4 Å². The number of hydrogen-bond acceptors (Lipinski definition) is 3. The van der Waals surface area contributed by atoms with Crippen molar-refractivity contribution in [2.45, 2.75) is 30.7 Å². The van der Waals surface area contributed by atoms with E-state index in [2.05, 4.69) is 15.6 Å². The summed E-state index contributed by atoms with van der Waals surface area (Å²) in [5.74, 6) is 2.44. The molecular weight excluding hydrogens is 260 g/mol. The van der Waals surface area contributed by atoms with Crippen molar-refractivity contribution >= 4 is 21.6 Å². The fourth-order valence-corrected chi connectivity index (χ4v) is 2.60. The Labute approximate surface area is 106 Å². The third-order valence-electron chi connectivity index (χ3n) is 2.19. The quantitative estimate of drug-likeness (QED) is 0.657. The van der Waals surface area contributed by atoms with Gasteiger partial charge in [-0.15, -0.1) is 12.3 Å². The highest BCUT2D eigenvalue weighted by Gasteiger charge is 2.18. The molecule has 0 bridgehead atoms. The van der Waals surface area contributed by atoms with Crippen LogP contribution in [0.3, 0.4) is 0 Å². The zero-order valence-corrected chi connectivity index (χ0v) is 10.9. The fourth-order valence-electron chi connectivity index (χ4n) is 1.22. The zero-order chi connectivity index (χ0) is 12.9. The smallest absolute Gasteiger partial charge is 0.242 e. The van der Waals surface area contributed by atoms with Gasteiger partial charge in [0.05, 0.1) is 0 Å². The van der Waals surface area contributed by atoms with Crippen LogP contribution in [0.25, 0.3) is 0 Å². The molecule has 1 aromatic rings. The highest BCUT2D eigenvalue weighted by Crippen LogP contribution is 2.12. The van der Waals surface area contributed by atoms with Gasteiger partial charge in [-0.05, 0) is 18.6 Å². The molecule has 0 amide bonds. The number of rotatable bonds is 5. The van der Waals surface area contributed by atoms with Crippen LogP contribution in [0.15, 0.2) is 23.2 Å². The van der Waals surface area contributed by atoms with Gasteiger partial charge in [-0.1, -0.05) is 18.5 Å². The Kier molecular flexibility index (Phi) is 4.94. The molecule has 0 aliphatic carbocycles. The number of hydrogen-bond donors (Lipinski definition) is 1. The number of pyridine rings is 1. The molecule has 92 valence electrons. The molecule has 0 aromatic carbocycles. The molecule has 0 saturated heterocycles. The Balaban J connectivity index is 2.89. The maximum atomic E-state index is 11.9. The largest absolute Gasteiger partial charge is 0.243 e. The van der Waals surface area contributed by atoms with Crippen molar-refractivity contribution in [2.24, 2.45) is 0 Å². The van der Waals surface area contributed by atoms with E-state index in [0.29, 0.717) is 12.8 Å². The minimum atomic E-state index is -3.58. The van der Waals surface area contributed by atoms with E-state index in [9.17, 15) is 8.42 Å². The first-order valence-electron chi connectivity index (χ1n) is 5.07. The fraction of sp³-hybridized carbons (Fsp3) is 0.364. The Morgan fingerprint density at radius 1 is 1.59 bits per heavy atom.